The molecule has 2 aromatic rings. The third-order valence-corrected chi connectivity index (χ3v) is 5.20. The Bertz CT molecular complexity index is 870. The molecular weight excluding hydrogens is 389 g/mol. The third kappa shape index (κ3) is 5.82. The Balaban J connectivity index is 1.44. The number of para-hydroxylation sites is 1. The lowest BCUT2D eigenvalue weighted by Crippen LogP contribution is -2.42. The quantitative estimate of drug-likeness (QED) is 0.676. The van der Waals surface area contributed by atoms with E-state index in [1.165, 1.54) is 12.3 Å². The van der Waals surface area contributed by atoms with Crippen molar-refractivity contribution < 1.29 is 23.1 Å². The van der Waals surface area contributed by atoms with Crippen molar-refractivity contribution in [3.05, 3.63) is 53.7 Å². The molecule has 1 aromatic heterocycles. The number of ether oxygens (including phenoxy) is 1. The van der Waals surface area contributed by atoms with Crippen LogP contribution in [0.25, 0.3) is 0 Å². The summed E-state index contributed by atoms with van der Waals surface area (Å²) in [6.07, 6.45) is 2.85. The summed E-state index contributed by atoms with van der Waals surface area (Å²) in [5.41, 5.74) is 0.796. The number of amides is 2. The van der Waals surface area contributed by atoms with Crippen molar-refractivity contribution in [2.45, 2.75) is 25.8 Å². The summed E-state index contributed by atoms with van der Waals surface area (Å²) in [5.74, 6) is -0.405. The lowest BCUT2D eigenvalue weighted by molar-refractivity contribution is -0.125. The third-order valence-electron chi connectivity index (χ3n) is 5.20. The van der Waals surface area contributed by atoms with Crippen LogP contribution in [0.5, 0.6) is 5.75 Å². The van der Waals surface area contributed by atoms with Crippen molar-refractivity contribution in [3.8, 4) is 5.75 Å². The van der Waals surface area contributed by atoms with Crippen LogP contribution < -0.4 is 15.4 Å². The normalized spacial score (nSPS) is 19.7. The van der Waals surface area contributed by atoms with E-state index in [1.54, 1.807) is 24.3 Å². The molecule has 7 nitrogen and oxygen atoms in total. The minimum Gasteiger partial charge on any atom is -0.489 e. The first-order chi connectivity index (χ1) is 14.4. The number of likely N-dealkylation sites (tertiary alicyclic amines) is 1. The number of hydrogen-bond donors (Lipinski definition) is 2. The van der Waals surface area contributed by atoms with E-state index in [1.807, 2.05) is 18.9 Å². The van der Waals surface area contributed by atoms with Crippen LogP contribution in [0.15, 0.2) is 41.0 Å². The van der Waals surface area contributed by atoms with Gasteiger partial charge in [0.1, 0.15) is 6.61 Å². The van der Waals surface area contributed by atoms with Gasteiger partial charge in [-0.3, -0.25) is 9.59 Å². The van der Waals surface area contributed by atoms with Crippen LogP contribution in [0.1, 0.15) is 29.0 Å². The van der Waals surface area contributed by atoms with E-state index in [9.17, 15) is 14.0 Å². The fourth-order valence-electron chi connectivity index (χ4n) is 3.64. The fraction of sp³-hybridized carbons (Fsp3) is 0.455. The monoisotopic (exact) mass is 417 g/mol. The Morgan fingerprint density at radius 2 is 2.03 bits per heavy atom. The smallest absolute Gasteiger partial charge is 0.287 e. The zero-order valence-electron chi connectivity index (χ0n) is 17.3. The van der Waals surface area contributed by atoms with Gasteiger partial charge in [0.25, 0.3) is 5.91 Å². The largest absolute Gasteiger partial charge is 0.489 e. The van der Waals surface area contributed by atoms with E-state index in [4.69, 9.17) is 9.15 Å². The molecule has 2 atom stereocenters. The molecule has 0 unspecified atom stereocenters. The summed E-state index contributed by atoms with van der Waals surface area (Å²) in [6.45, 7) is 3.58. The summed E-state index contributed by atoms with van der Waals surface area (Å²) in [7, 11) is 1.93. The number of halogens is 1. The summed E-state index contributed by atoms with van der Waals surface area (Å²) in [5, 5.41) is 5.87. The maximum atomic E-state index is 13.5. The number of carbonyl (C=O) groups is 2. The van der Waals surface area contributed by atoms with Crippen LogP contribution in [0.4, 0.5) is 4.39 Å². The van der Waals surface area contributed by atoms with Gasteiger partial charge < -0.3 is 24.7 Å². The highest BCUT2D eigenvalue weighted by molar-refractivity contribution is 5.93. The van der Waals surface area contributed by atoms with E-state index in [0.29, 0.717) is 38.2 Å². The van der Waals surface area contributed by atoms with Crippen LogP contribution in [0, 0.1) is 18.7 Å². The standard InChI is InChI=1S/C22H28FN3O4/c1-15-9-11-30-20(15)22(28)25-17-8-7-16(13-26(2)14-17)21(27)24-10-12-29-19-6-4-3-5-18(19)23/h3-6,9,11,16-17H,7-8,10,12-14H2,1-2H3,(H,24,27)(H,25,28)/t16-,17+/m1/s1. The van der Waals surface area contributed by atoms with Crippen molar-refractivity contribution in [2.75, 3.05) is 33.3 Å². The number of nitrogens with one attached hydrogen (secondary N) is 2. The van der Waals surface area contributed by atoms with Crippen LogP contribution in [-0.4, -0.2) is 56.0 Å². The number of hydrogen-bond acceptors (Lipinski definition) is 5. The molecule has 1 aliphatic heterocycles. The molecule has 0 radical (unpaired) electrons. The number of carbonyl (C=O) groups excluding carboxylic acids is 2. The SMILES string of the molecule is Cc1ccoc1C(=O)N[C@H]1CC[C@@H](C(=O)NCCOc2ccccc2F)CN(C)C1. The van der Waals surface area contributed by atoms with Crippen molar-refractivity contribution >= 4 is 11.8 Å². The second kappa shape index (κ2) is 10.2. The zero-order chi connectivity index (χ0) is 21.5. The molecule has 1 saturated heterocycles. The van der Waals surface area contributed by atoms with E-state index in [0.717, 1.165) is 5.56 Å². The molecule has 0 spiro atoms. The van der Waals surface area contributed by atoms with Gasteiger partial charge in [-0.25, -0.2) is 4.39 Å². The molecule has 162 valence electrons. The van der Waals surface area contributed by atoms with Crippen LogP contribution >= 0.6 is 0 Å². The van der Waals surface area contributed by atoms with Crippen molar-refractivity contribution in [1.82, 2.24) is 15.5 Å². The lowest BCUT2D eigenvalue weighted by atomic mass is 10.0. The molecule has 3 rings (SSSR count). The average Bonchev–Trinajstić information content (AvgIpc) is 3.06. The van der Waals surface area contributed by atoms with Crippen molar-refractivity contribution in [2.24, 2.45) is 5.92 Å². The Morgan fingerprint density at radius 1 is 1.23 bits per heavy atom. The zero-order valence-corrected chi connectivity index (χ0v) is 17.3. The number of nitrogens with zero attached hydrogens (tertiary/aromatic N) is 1. The van der Waals surface area contributed by atoms with Crippen LogP contribution in [0.3, 0.4) is 0 Å². The van der Waals surface area contributed by atoms with E-state index < -0.39 is 5.82 Å². The van der Waals surface area contributed by atoms with Gasteiger partial charge in [0.05, 0.1) is 18.7 Å². The van der Waals surface area contributed by atoms with Gasteiger partial charge in [0, 0.05) is 24.7 Å². The molecule has 0 aliphatic carbocycles. The molecule has 0 bridgehead atoms. The van der Waals surface area contributed by atoms with Gasteiger partial charge in [-0.15, -0.1) is 0 Å². The first kappa shape index (κ1) is 21.8. The minimum atomic E-state index is -0.424. The molecule has 2 N–H and O–H groups in total. The molecule has 30 heavy (non-hydrogen) atoms. The first-order valence-electron chi connectivity index (χ1n) is 10.1. The lowest BCUT2D eigenvalue weighted by Gasteiger charge is -2.21. The Labute approximate surface area is 175 Å². The van der Waals surface area contributed by atoms with E-state index >= 15 is 0 Å². The number of benzene rings is 1. The summed E-state index contributed by atoms with van der Waals surface area (Å²) in [6, 6.07) is 7.87. The molecule has 1 aliphatic rings. The summed E-state index contributed by atoms with van der Waals surface area (Å²) in [4.78, 5) is 27.0. The van der Waals surface area contributed by atoms with Crippen molar-refractivity contribution in [3.63, 3.8) is 0 Å². The molecular formula is C22H28FN3O4. The molecule has 0 saturated carbocycles. The highest BCUT2D eigenvalue weighted by Gasteiger charge is 2.28. The van der Waals surface area contributed by atoms with Crippen LogP contribution in [0.2, 0.25) is 0 Å². The molecule has 1 aromatic carbocycles. The minimum absolute atomic E-state index is 0.0609. The number of aryl methyl sites for hydroxylation is 1. The fourth-order valence-corrected chi connectivity index (χ4v) is 3.64. The number of rotatable bonds is 7. The molecule has 2 amide bonds. The van der Waals surface area contributed by atoms with Gasteiger partial charge in [-0.2, -0.15) is 0 Å². The Morgan fingerprint density at radius 3 is 2.77 bits per heavy atom. The second-order valence-corrected chi connectivity index (χ2v) is 7.67. The summed E-state index contributed by atoms with van der Waals surface area (Å²) >= 11 is 0. The van der Waals surface area contributed by atoms with Gasteiger partial charge in [0.2, 0.25) is 5.91 Å². The van der Waals surface area contributed by atoms with Gasteiger partial charge in [-0.05, 0) is 45.0 Å². The van der Waals surface area contributed by atoms with E-state index in [2.05, 4.69) is 10.6 Å². The highest BCUT2D eigenvalue weighted by atomic mass is 19.1. The maximum absolute atomic E-state index is 13.5. The van der Waals surface area contributed by atoms with Gasteiger partial charge in [-0.1, -0.05) is 12.1 Å². The maximum Gasteiger partial charge on any atom is 0.287 e. The molecule has 2 heterocycles. The second-order valence-electron chi connectivity index (χ2n) is 7.67. The predicted octanol–water partition coefficient (Wildman–Crippen LogP) is 2.36. The summed E-state index contributed by atoms with van der Waals surface area (Å²) < 4.78 is 24.2. The highest BCUT2D eigenvalue weighted by Crippen LogP contribution is 2.18. The molecule has 8 heteroatoms. The van der Waals surface area contributed by atoms with Gasteiger partial charge >= 0.3 is 0 Å². The number of likely N-dealkylation sites (N-methyl/N-ethyl adjacent to an activating group) is 1. The van der Waals surface area contributed by atoms with Crippen LogP contribution in [-0.2, 0) is 4.79 Å². The van der Waals surface area contributed by atoms with Gasteiger partial charge in [0.15, 0.2) is 17.3 Å². The van der Waals surface area contributed by atoms with E-state index in [-0.39, 0.29) is 36.1 Å². The first-order valence-corrected chi connectivity index (χ1v) is 10.1. The predicted molar refractivity (Wildman–Crippen MR) is 110 cm³/mol. The van der Waals surface area contributed by atoms with Crippen molar-refractivity contribution in [1.29, 1.82) is 0 Å². The average molecular weight is 417 g/mol. The topological polar surface area (TPSA) is 83.8 Å². The molecule has 1 fully saturated rings. The Hall–Kier alpha value is -2.87. The number of furan rings is 1. The Kier molecular flexibility index (Phi) is 7.46.